The quantitative estimate of drug-likeness (QED) is 0.921. The molecule has 18 heavy (non-hydrogen) atoms. The van der Waals surface area contributed by atoms with Crippen molar-refractivity contribution in [1.29, 1.82) is 0 Å². The van der Waals surface area contributed by atoms with Gasteiger partial charge in [-0.1, -0.05) is 29.3 Å². The second kappa shape index (κ2) is 4.68. The number of rotatable bonds is 3. The molecule has 0 unspecified atom stereocenters. The third kappa shape index (κ3) is 1.78. The van der Waals surface area contributed by atoms with Crippen LogP contribution >= 0.6 is 23.2 Å². The Kier molecular flexibility index (Phi) is 3.31. The summed E-state index contributed by atoms with van der Waals surface area (Å²) in [7, 11) is 1.78. The Labute approximate surface area is 118 Å². The van der Waals surface area contributed by atoms with E-state index in [1.807, 2.05) is 12.1 Å². The third-order valence-corrected chi connectivity index (χ3v) is 5.29. The number of methoxy groups -OCH3 is 1. The number of piperidine rings is 1. The minimum atomic E-state index is 0.211. The Morgan fingerprint density at radius 1 is 1.39 bits per heavy atom. The summed E-state index contributed by atoms with van der Waals surface area (Å²) in [6.07, 6.45) is 1.22. The molecule has 0 radical (unpaired) electrons. The molecule has 0 amide bonds. The van der Waals surface area contributed by atoms with Crippen LogP contribution in [-0.2, 0) is 10.2 Å². The van der Waals surface area contributed by atoms with Crippen LogP contribution in [0.3, 0.4) is 0 Å². The summed E-state index contributed by atoms with van der Waals surface area (Å²) in [6, 6.07) is 6.05. The Morgan fingerprint density at radius 3 is 2.94 bits per heavy atom. The van der Waals surface area contributed by atoms with Gasteiger partial charge in [0, 0.05) is 19.1 Å². The summed E-state index contributed by atoms with van der Waals surface area (Å²) in [5, 5.41) is 4.78. The van der Waals surface area contributed by atoms with Crippen LogP contribution in [0.5, 0.6) is 0 Å². The van der Waals surface area contributed by atoms with Gasteiger partial charge in [0.15, 0.2) is 0 Å². The lowest BCUT2D eigenvalue weighted by Crippen LogP contribution is -2.35. The smallest absolute Gasteiger partial charge is 0.0595 e. The third-order valence-electron chi connectivity index (χ3n) is 4.55. The summed E-state index contributed by atoms with van der Waals surface area (Å²) in [5.74, 6) is 1.32. The predicted molar refractivity (Wildman–Crippen MR) is 74.5 cm³/mol. The van der Waals surface area contributed by atoms with E-state index in [1.165, 1.54) is 12.0 Å². The van der Waals surface area contributed by atoms with Crippen molar-refractivity contribution in [2.75, 3.05) is 26.8 Å². The van der Waals surface area contributed by atoms with Crippen molar-refractivity contribution in [3.63, 3.8) is 0 Å². The van der Waals surface area contributed by atoms with Gasteiger partial charge in [-0.05, 0) is 42.5 Å². The molecule has 1 aliphatic carbocycles. The van der Waals surface area contributed by atoms with E-state index in [2.05, 4.69) is 11.4 Å². The molecule has 3 rings (SSSR count). The monoisotopic (exact) mass is 285 g/mol. The summed E-state index contributed by atoms with van der Waals surface area (Å²) < 4.78 is 5.37. The number of nitrogens with one attached hydrogen (secondary N) is 1. The van der Waals surface area contributed by atoms with Gasteiger partial charge in [0.1, 0.15) is 0 Å². The zero-order valence-electron chi connectivity index (χ0n) is 10.4. The van der Waals surface area contributed by atoms with E-state index in [0.717, 1.165) is 25.6 Å². The van der Waals surface area contributed by atoms with Gasteiger partial charge in [-0.2, -0.15) is 0 Å². The van der Waals surface area contributed by atoms with Crippen LogP contribution in [0.1, 0.15) is 12.0 Å². The van der Waals surface area contributed by atoms with E-state index in [1.54, 1.807) is 7.11 Å². The molecule has 1 aromatic rings. The number of fused-ring (bicyclic) bond motifs is 1. The van der Waals surface area contributed by atoms with Crippen LogP contribution in [0.4, 0.5) is 0 Å². The van der Waals surface area contributed by atoms with Gasteiger partial charge < -0.3 is 10.1 Å². The van der Waals surface area contributed by atoms with Crippen LogP contribution in [-0.4, -0.2) is 26.8 Å². The number of halogens is 2. The zero-order chi connectivity index (χ0) is 12.8. The second-order valence-corrected chi connectivity index (χ2v) is 6.12. The maximum atomic E-state index is 6.15. The van der Waals surface area contributed by atoms with Crippen molar-refractivity contribution in [2.45, 2.75) is 11.8 Å². The standard InChI is InChI=1S/C14H17Cl2NO/c1-18-7-11-10-4-5-17-8-14(10,11)9-2-3-12(15)13(16)6-9/h2-3,6,10-11,17H,4-5,7-8H2,1H3/t10-,11+,14+/m0/s1. The number of hydrogen-bond donors (Lipinski definition) is 1. The Hall–Kier alpha value is -0.280. The largest absolute Gasteiger partial charge is 0.384 e. The van der Waals surface area contributed by atoms with Crippen molar-refractivity contribution in [3.05, 3.63) is 33.8 Å². The molecule has 1 saturated heterocycles. The van der Waals surface area contributed by atoms with Crippen molar-refractivity contribution < 1.29 is 4.74 Å². The molecule has 1 heterocycles. The van der Waals surface area contributed by atoms with E-state index >= 15 is 0 Å². The SMILES string of the molecule is COC[C@@H]1[C@@H]2CCNC[C@]12c1ccc(Cl)c(Cl)c1. The van der Waals surface area contributed by atoms with Gasteiger partial charge in [0.25, 0.3) is 0 Å². The van der Waals surface area contributed by atoms with Crippen molar-refractivity contribution in [1.82, 2.24) is 5.32 Å². The molecule has 0 spiro atoms. The van der Waals surface area contributed by atoms with E-state index in [4.69, 9.17) is 27.9 Å². The predicted octanol–water partition coefficient (Wildman–Crippen LogP) is 3.12. The molecule has 0 bridgehead atoms. The van der Waals surface area contributed by atoms with Crippen LogP contribution in [0, 0.1) is 11.8 Å². The highest BCUT2D eigenvalue weighted by molar-refractivity contribution is 6.42. The highest BCUT2D eigenvalue weighted by Crippen LogP contribution is 2.62. The van der Waals surface area contributed by atoms with Crippen molar-refractivity contribution >= 4 is 23.2 Å². The highest BCUT2D eigenvalue weighted by Gasteiger charge is 2.65. The molecule has 2 aliphatic rings. The van der Waals surface area contributed by atoms with Gasteiger partial charge in [-0.25, -0.2) is 0 Å². The highest BCUT2D eigenvalue weighted by atomic mass is 35.5. The molecular weight excluding hydrogens is 269 g/mol. The summed E-state index contributed by atoms with van der Waals surface area (Å²) >= 11 is 12.2. The summed E-state index contributed by atoms with van der Waals surface area (Å²) in [5.41, 5.74) is 1.51. The number of benzene rings is 1. The van der Waals surface area contributed by atoms with Crippen molar-refractivity contribution in [2.24, 2.45) is 11.8 Å². The Bertz CT molecular complexity index is 465. The summed E-state index contributed by atoms with van der Waals surface area (Å²) in [4.78, 5) is 0. The molecule has 1 N–H and O–H groups in total. The van der Waals surface area contributed by atoms with E-state index in [-0.39, 0.29) is 5.41 Å². The lowest BCUT2D eigenvalue weighted by atomic mass is 9.89. The number of hydrogen-bond acceptors (Lipinski definition) is 2. The second-order valence-electron chi connectivity index (χ2n) is 5.30. The van der Waals surface area contributed by atoms with Crippen LogP contribution < -0.4 is 5.32 Å². The molecule has 1 aliphatic heterocycles. The van der Waals surface area contributed by atoms with E-state index < -0.39 is 0 Å². The lowest BCUT2D eigenvalue weighted by molar-refractivity contribution is 0.176. The molecule has 2 fully saturated rings. The van der Waals surface area contributed by atoms with Crippen LogP contribution in [0.25, 0.3) is 0 Å². The lowest BCUT2D eigenvalue weighted by Gasteiger charge is -2.24. The maximum absolute atomic E-state index is 6.15. The van der Waals surface area contributed by atoms with Gasteiger partial charge >= 0.3 is 0 Å². The topological polar surface area (TPSA) is 21.3 Å². The first-order chi connectivity index (χ1) is 8.70. The molecule has 98 valence electrons. The fraction of sp³-hybridized carbons (Fsp3) is 0.571. The molecule has 1 saturated carbocycles. The molecule has 1 aromatic carbocycles. The molecule has 3 atom stereocenters. The molecule has 2 nitrogen and oxygen atoms in total. The van der Waals surface area contributed by atoms with E-state index in [0.29, 0.717) is 16.0 Å². The minimum Gasteiger partial charge on any atom is -0.384 e. The molecule has 4 heteroatoms. The Morgan fingerprint density at radius 2 is 2.22 bits per heavy atom. The van der Waals surface area contributed by atoms with Gasteiger partial charge in [-0.3, -0.25) is 0 Å². The fourth-order valence-corrected chi connectivity index (χ4v) is 3.94. The minimum absolute atomic E-state index is 0.211. The summed E-state index contributed by atoms with van der Waals surface area (Å²) in [6.45, 7) is 2.95. The van der Waals surface area contributed by atoms with Gasteiger partial charge in [0.05, 0.1) is 16.7 Å². The molecule has 0 aromatic heterocycles. The normalized spacial score (nSPS) is 34.2. The van der Waals surface area contributed by atoms with Gasteiger partial charge in [0.2, 0.25) is 0 Å². The number of ether oxygens (including phenoxy) is 1. The fourth-order valence-electron chi connectivity index (χ4n) is 3.64. The van der Waals surface area contributed by atoms with Crippen molar-refractivity contribution in [3.8, 4) is 0 Å². The zero-order valence-corrected chi connectivity index (χ0v) is 11.9. The van der Waals surface area contributed by atoms with Crippen LogP contribution in [0.15, 0.2) is 18.2 Å². The first-order valence-electron chi connectivity index (χ1n) is 6.35. The first-order valence-corrected chi connectivity index (χ1v) is 7.11. The Balaban J connectivity index is 1.95. The maximum Gasteiger partial charge on any atom is 0.0595 e. The average molecular weight is 286 g/mol. The van der Waals surface area contributed by atoms with Gasteiger partial charge in [-0.15, -0.1) is 0 Å². The van der Waals surface area contributed by atoms with Crippen LogP contribution in [0.2, 0.25) is 10.0 Å². The average Bonchev–Trinajstić information content (AvgIpc) is 3.03. The molecular formula is C14H17Cl2NO. The first kappa shape index (κ1) is 12.7. The van der Waals surface area contributed by atoms with E-state index in [9.17, 15) is 0 Å².